The number of nitrogens with one attached hydrogen (secondary N) is 1. The highest BCUT2D eigenvalue weighted by molar-refractivity contribution is 5.97. The summed E-state index contributed by atoms with van der Waals surface area (Å²) >= 11 is 0. The Morgan fingerprint density at radius 2 is 1.15 bits per heavy atom. The topological polar surface area (TPSA) is 136 Å². The molecular weight excluding hydrogens is 512 g/mol. The first kappa shape index (κ1) is 27.3. The minimum atomic E-state index is -0.767. The van der Waals surface area contributed by atoms with Gasteiger partial charge in [-0.05, 0) is 78.4 Å². The lowest BCUT2D eigenvalue weighted by molar-refractivity contribution is -0.127. The zero-order chi connectivity index (χ0) is 28.2. The molecule has 10 heteroatoms. The first-order valence-electron chi connectivity index (χ1n) is 12.0. The molecule has 0 heterocycles. The first-order valence-corrected chi connectivity index (χ1v) is 12.0. The van der Waals surface area contributed by atoms with Gasteiger partial charge in [0.25, 0.3) is 5.91 Å². The van der Waals surface area contributed by atoms with E-state index in [0.717, 1.165) is 0 Å². The van der Waals surface area contributed by atoms with E-state index in [1.807, 2.05) is 0 Å². The maximum absolute atomic E-state index is 12.1. The van der Waals surface area contributed by atoms with Crippen molar-refractivity contribution in [3.8, 4) is 11.5 Å². The number of nitrogens with zero attached hydrogens (tertiary/aromatic N) is 3. The number of hydrazone groups is 1. The van der Waals surface area contributed by atoms with Crippen molar-refractivity contribution in [3.05, 3.63) is 126 Å². The van der Waals surface area contributed by atoms with Crippen molar-refractivity contribution in [2.45, 2.75) is 6.42 Å². The van der Waals surface area contributed by atoms with Crippen LogP contribution in [0.15, 0.2) is 125 Å². The van der Waals surface area contributed by atoms with Crippen LogP contribution in [-0.4, -0.2) is 30.0 Å². The summed E-state index contributed by atoms with van der Waals surface area (Å²) in [5, 5.41) is 11.1. The van der Waals surface area contributed by atoms with Gasteiger partial charge in [0.15, 0.2) is 0 Å². The lowest BCUT2D eigenvalue weighted by atomic mass is 10.2. The number of carbonyl (C=O) groups excluding carboxylic acids is 4. The normalized spacial score (nSPS) is 10.8. The van der Waals surface area contributed by atoms with E-state index in [2.05, 4.69) is 20.8 Å². The first-order chi connectivity index (χ1) is 19.5. The van der Waals surface area contributed by atoms with Crippen LogP contribution in [0.1, 0.15) is 32.7 Å². The van der Waals surface area contributed by atoms with E-state index in [4.69, 9.17) is 9.47 Å². The number of azo groups is 1. The van der Waals surface area contributed by atoms with E-state index >= 15 is 0 Å². The molecule has 0 saturated carbocycles. The highest BCUT2D eigenvalue weighted by atomic mass is 16.5. The van der Waals surface area contributed by atoms with Crippen molar-refractivity contribution in [1.82, 2.24) is 5.43 Å². The molecule has 198 valence electrons. The second-order valence-corrected chi connectivity index (χ2v) is 8.14. The lowest BCUT2D eigenvalue weighted by Crippen LogP contribution is -2.20. The fourth-order valence-electron chi connectivity index (χ4n) is 3.19. The molecule has 0 aliphatic rings. The molecule has 2 amide bonds. The van der Waals surface area contributed by atoms with Gasteiger partial charge in [-0.2, -0.15) is 5.10 Å². The number of amides is 2. The van der Waals surface area contributed by atoms with E-state index in [9.17, 15) is 19.2 Å². The number of esters is 2. The summed E-state index contributed by atoms with van der Waals surface area (Å²) in [4.78, 5) is 48.1. The number of rotatable bonds is 9. The zero-order valence-corrected chi connectivity index (χ0v) is 21.0. The molecule has 0 bridgehead atoms. The standard InChI is InChI=1S/C30H22N4O6/c35-27(33-31-20-21-11-15-25(16-12-21)39-29(37)22-7-3-1-4-8-22)19-28(36)34-32-24-13-17-26(18-14-24)40-30(38)23-9-5-2-6-10-23/h1-18,20H,19H2,(H,33,35). The third kappa shape index (κ3) is 8.38. The predicted octanol–water partition coefficient (Wildman–Crippen LogP) is 5.28. The van der Waals surface area contributed by atoms with Crippen LogP contribution in [0.25, 0.3) is 0 Å². The van der Waals surface area contributed by atoms with E-state index in [0.29, 0.717) is 33.9 Å². The highest BCUT2D eigenvalue weighted by Crippen LogP contribution is 2.20. The van der Waals surface area contributed by atoms with Crippen molar-refractivity contribution in [1.29, 1.82) is 0 Å². The van der Waals surface area contributed by atoms with Gasteiger partial charge in [0.05, 0.1) is 23.0 Å². The van der Waals surface area contributed by atoms with Gasteiger partial charge in [-0.3, -0.25) is 9.59 Å². The molecule has 0 aromatic heterocycles. The summed E-state index contributed by atoms with van der Waals surface area (Å²) in [6, 6.07) is 29.7. The SMILES string of the molecule is O=C(CC(=O)NN=Cc1ccc(OC(=O)c2ccccc2)cc1)N=Nc1ccc(OC(=O)c2ccccc2)cc1. The van der Waals surface area contributed by atoms with Crippen LogP contribution in [0, 0.1) is 0 Å². The molecule has 0 aliphatic heterocycles. The second-order valence-electron chi connectivity index (χ2n) is 8.14. The summed E-state index contributed by atoms with van der Waals surface area (Å²) in [5.74, 6) is -1.75. The predicted molar refractivity (Wildman–Crippen MR) is 146 cm³/mol. The smallest absolute Gasteiger partial charge is 0.343 e. The van der Waals surface area contributed by atoms with Gasteiger partial charge in [-0.1, -0.05) is 36.4 Å². The second kappa shape index (κ2) is 13.7. The van der Waals surface area contributed by atoms with Crippen LogP contribution in [-0.2, 0) is 9.59 Å². The minimum absolute atomic E-state index is 0.305. The van der Waals surface area contributed by atoms with Crippen molar-refractivity contribution in [2.24, 2.45) is 15.3 Å². The van der Waals surface area contributed by atoms with E-state index < -0.39 is 30.2 Å². The fourth-order valence-corrected chi connectivity index (χ4v) is 3.19. The average molecular weight is 535 g/mol. The summed E-state index contributed by atoms with van der Waals surface area (Å²) in [5.41, 5.74) is 4.06. The Balaban J connectivity index is 1.19. The molecule has 40 heavy (non-hydrogen) atoms. The summed E-state index contributed by atoms with van der Waals surface area (Å²) in [7, 11) is 0. The maximum Gasteiger partial charge on any atom is 0.343 e. The summed E-state index contributed by atoms with van der Waals surface area (Å²) < 4.78 is 10.6. The third-order valence-electron chi connectivity index (χ3n) is 5.15. The molecule has 0 spiro atoms. The molecule has 0 saturated heterocycles. The van der Waals surface area contributed by atoms with Crippen molar-refractivity contribution >= 4 is 35.7 Å². The Kier molecular flexibility index (Phi) is 9.33. The molecule has 0 aliphatic carbocycles. The molecule has 4 aromatic rings. The van der Waals surface area contributed by atoms with Crippen LogP contribution < -0.4 is 14.9 Å². The Morgan fingerprint density at radius 1 is 0.650 bits per heavy atom. The Labute approximate surface area is 229 Å². The molecule has 4 aromatic carbocycles. The molecule has 1 N–H and O–H groups in total. The van der Waals surface area contributed by atoms with E-state index in [1.165, 1.54) is 30.5 Å². The molecule has 4 rings (SSSR count). The Bertz CT molecular complexity index is 1540. The van der Waals surface area contributed by atoms with Crippen molar-refractivity contribution in [3.63, 3.8) is 0 Å². The van der Waals surface area contributed by atoms with Gasteiger partial charge >= 0.3 is 11.9 Å². The summed E-state index contributed by atoms with van der Waals surface area (Å²) in [6.07, 6.45) is 0.820. The molecule has 0 atom stereocenters. The fraction of sp³-hybridized carbons (Fsp3) is 0.0333. The molecule has 0 unspecified atom stereocenters. The lowest BCUT2D eigenvalue weighted by Gasteiger charge is -2.04. The van der Waals surface area contributed by atoms with Crippen LogP contribution in [0.4, 0.5) is 5.69 Å². The van der Waals surface area contributed by atoms with Crippen molar-refractivity contribution in [2.75, 3.05) is 0 Å². The quantitative estimate of drug-likeness (QED) is 0.0775. The van der Waals surface area contributed by atoms with Crippen LogP contribution in [0.3, 0.4) is 0 Å². The van der Waals surface area contributed by atoms with Gasteiger partial charge in [0.2, 0.25) is 5.91 Å². The summed E-state index contributed by atoms with van der Waals surface area (Å²) in [6.45, 7) is 0. The van der Waals surface area contributed by atoms with Crippen molar-refractivity contribution < 1.29 is 28.7 Å². The maximum atomic E-state index is 12.1. The van der Waals surface area contributed by atoms with Crippen LogP contribution in [0.2, 0.25) is 0 Å². The van der Waals surface area contributed by atoms with Gasteiger partial charge in [0, 0.05) is 0 Å². The molecule has 10 nitrogen and oxygen atoms in total. The largest absolute Gasteiger partial charge is 0.423 e. The number of hydrogen-bond donors (Lipinski definition) is 1. The molecular formula is C30H22N4O6. The van der Waals surface area contributed by atoms with Gasteiger partial charge < -0.3 is 9.47 Å². The third-order valence-corrected chi connectivity index (χ3v) is 5.15. The van der Waals surface area contributed by atoms with E-state index in [1.54, 1.807) is 84.9 Å². The molecule has 0 radical (unpaired) electrons. The van der Waals surface area contributed by atoms with Gasteiger partial charge in [-0.15, -0.1) is 10.2 Å². The average Bonchev–Trinajstić information content (AvgIpc) is 2.98. The Morgan fingerprint density at radius 3 is 1.68 bits per heavy atom. The zero-order valence-electron chi connectivity index (χ0n) is 21.0. The minimum Gasteiger partial charge on any atom is -0.423 e. The Hall–Kier alpha value is -5.77. The van der Waals surface area contributed by atoms with E-state index in [-0.39, 0.29) is 0 Å². The number of hydrogen-bond acceptors (Lipinski definition) is 8. The molecule has 0 fully saturated rings. The van der Waals surface area contributed by atoms with Crippen LogP contribution >= 0.6 is 0 Å². The van der Waals surface area contributed by atoms with Crippen LogP contribution in [0.5, 0.6) is 11.5 Å². The number of benzene rings is 4. The number of ether oxygens (including phenoxy) is 2. The monoisotopic (exact) mass is 534 g/mol. The highest BCUT2D eigenvalue weighted by Gasteiger charge is 2.10. The van der Waals surface area contributed by atoms with Gasteiger partial charge in [0.1, 0.15) is 17.9 Å². The number of carbonyl (C=O) groups is 4. The van der Waals surface area contributed by atoms with Gasteiger partial charge in [-0.25, -0.2) is 15.0 Å².